The average Bonchev–Trinajstić information content (AvgIpc) is 3.20. The zero-order chi connectivity index (χ0) is 28.5. The lowest BCUT2D eigenvalue weighted by molar-refractivity contribution is -0.137. The van der Waals surface area contributed by atoms with E-state index in [1.165, 1.54) is 0 Å². The van der Waals surface area contributed by atoms with E-state index in [2.05, 4.69) is 54.8 Å². The molecule has 10 heteroatoms. The predicted molar refractivity (Wildman–Crippen MR) is 154 cm³/mol. The first-order valence-corrected chi connectivity index (χ1v) is 17.0. The largest absolute Gasteiger partial charge is 0.416 e. The minimum Gasteiger partial charge on any atom is -0.411 e. The van der Waals surface area contributed by atoms with Crippen molar-refractivity contribution in [3.8, 4) is 0 Å². The molecule has 210 valence electrons. The minimum atomic E-state index is -4.51. The smallest absolute Gasteiger partial charge is 0.411 e. The first-order chi connectivity index (χ1) is 17.5. The van der Waals surface area contributed by atoms with E-state index < -0.39 is 32.2 Å². The van der Waals surface area contributed by atoms with Gasteiger partial charge in [-0.2, -0.15) is 13.2 Å². The van der Waals surface area contributed by atoms with Gasteiger partial charge in [0, 0.05) is 29.8 Å². The number of benzene rings is 1. The number of halogens is 4. The number of nitrogens with zero attached hydrogens (tertiary/aromatic N) is 3. The number of carbonyl (C=O) groups excluding carboxylic acids is 1. The van der Waals surface area contributed by atoms with E-state index >= 15 is 0 Å². The van der Waals surface area contributed by atoms with Crippen LogP contribution in [0.2, 0.25) is 18.1 Å². The summed E-state index contributed by atoms with van der Waals surface area (Å²) in [4.78, 5) is 22.3. The maximum absolute atomic E-state index is 14.4. The fourth-order valence-electron chi connectivity index (χ4n) is 4.49. The third-order valence-corrected chi connectivity index (χ3v) is 12.6. The summed E-state index contributed by atoms with van der Waals surface area (Å²) in [6.45, 7) is 15.0. The van der Waals surface area contributed by atoms with E-state index in [1.807, 2.05) is 31.2 Å². The Morgan fingerprint density at radius 2 is 1.87 bits per heavy atom. The van der Waals surface area contributed by atoms with E-state index in [9.17, 15) is 18.0 Å². The number of pyridine rings is 1. The second-order valence-electron chi connectivity index (χ2n) is 11.6. The van der Waals surface area contributed by atoms with Crippen LogP contribution in [0.5, 0.6) is 0 Å². The zero-order valence-corrected chi connectivity index (χ0v) is 25.9. The maximum atomic E-state index is 14.4. The molecule has 0 N–H and O–H groups in total. The summed E-state index contributed by atoms with van der Waals surface area (Å²) in [5.74, 6) is -0.0312. The second-order valence-corrected chi connectivity index (χ2v) is 17.1. The van der Waals surface area contributed by atoms with E-state index in [-0.39, 0.29) is 22.5 Å². The monoisotopic (exact) mass is 613 g/mol. The lowest BCUT2D eigenvalue weighted by Crippen LogP contribution is -2.54. The number of aryl methyl sites for hydroxylation is 2. The van der Waals surface area contributed by atoms with Gasteiger partial charge in [-0.1, -0.05) is 48.8 Å². The van der Waals surface area contributed by atoms with Gasteiger partial charge < -0.3 is 14.2 Å². The number of rotatable bonds is 8. The van der Waals surface area contributed by atoms with Gasteiger partial charge in [0.15, 0.2) is 8.32 Å². The summed E-state index contributed by atoms with van der Waals surface area (Å²) in [6, 6.07) is 9.03. The van der Waals surface area contributed by atoms with Crippen molar-refractivity contribution in [3.63, 3.8) is 0 Å². The first kappa shape index (κ1) is 30.6. The molecule has 5 nitrogen and oxygen atoms in total. The van der Waals surface area contributed by atoms with Gasteiger partial charge in [-0.15, -0.1) is 0 Å². The fourth-order valence-corrected chi connectivity index (χ4v) is 6.10. The van der Waals surface area contributed by atoms with Crippen molar-refractivity contribution in [2.75, 3.05) is 28.2 Å². The number of hydrogen-bond donors (Lipinski definition) is 0. The molecule has 0 unspecified atom stereocenters. The Labute approximate surface area is 234 Å². The van der Waals surface area contributed by atoms with E-state index in [0.717, 1.165) is 35.1 Å². The Hall–Kier alpha value is -1.91. The third kappa shape index (κ3) is 6.99. The van der Waals surface area contributed by atoms with Crippen LogP contribution < -0.4 is 9.80 Å². The van der Waals surface area contributed by atoms with Crippen molar-refractivity contribution in [1.29, 1.82) is 0 Å². The number of amides is 1. The molecule has 0 spiro atoms. The predicted octanol–water partition coefficient (Wildman–Crippen LogP) is 7.50. The van der Waals surface area contributed by atoms with Crippen molar-refractivity contribution < 1.29 is 22.4 Å². The molecule has 1 aromatic carbocycles. The van der Waals surface area contributed by atoms with Crippen LogP contribution in [0.15, 0.2) is 36.4 Å². The van der Waals surface area contributed by atoms with Crippen LogP contribution in [0, 0.1) is 13.8 Å². The van der Waals surface area contributed by atoms with E-state index in [0.29, 0.717) is 19.5 Å². The normalized spacial score (nSPS) is 18.7. The standard InChI is InChI=1S/C28H39BrF3N3O2Si/c1-19-10-8-11-22(16-19)34(14-9-13-29)26(36)25-23(37-38(6,7)27(3,4)5)12-15-35(25)24-18-21(28(30,31)32)17-20(2)33-24/h8,10-11,16-18,23,25H,9,12-15H2,1-7H3/t23-,25+/m1/s1. The SMILES string of the molecule is Cc1cccc(N(CCCBr)C(=O)[C@@H]2[C@H](O[Si](C)(C)C(C)(C)C)CCN2c2cc(C(F)(F)F)cc(C)n2)c1. The summed E-state index contributed by atoms with van der Waals surface area (Å²) >= 11 is 3.47. The van der Waals surface area contributed by atoms with Gasteiger partial charge in [-0.25, -0.2) is 4.98 Å². The second kappa shape index (κ2) is 11.7. The molecule has 1 amide bonds. The van der Waals surface area contributed by atoms with Crippen LogP contribution in [0.25, 0.3) is 0 Å². The molecule has 2 atom stereocenters. The zero-order valence-electron chi connectivity index (χ0n) is 23.3. The van der Waals surface area contributed by atoms with Crippen LogP contribution in [-0.4, -0.2) is 49.8 Å². The Morgan fingerprint density at radius 1 is 1.18 bits per heavy atom. The lowest BCUT2D eigenvalue weighted by atomic mass is 10.1. The highest BCUT2D eigenvalue weighted by atomic mass is 79.9. The molecule has 1 fully saturated rings. The summed E-state index contributed by atoms with van der Waals surface area (Å²) in [7, 11) is -2.29. The Kier molecular flexibility index (Phi) is 9.41. The Morgan fingerprint density at radius 3 is 2.45 bits per heavy atom. The quantitative estimate of drug-likeness (QED) is 0.228. The topological polar surface area (TPSA) is 45.7 Å². The summed E-state index contributed by atoms with van der Waals surface area (Å²) in [6.07, 6.45) is -3.72. The Balaban J connectivity index is 2.11. The van der Waals surface area contributed by atoms with Gasteiger partial charge in [0.25, 0.3) is 5.91 Å². The molecular formula is C28H39BrF3N3O2Si. The highest BCUT2D eigenvalue weighted by Gasteiger charge is 2.48. The van der Waals surface area contributed by atoms with Crippen LogP contribution in [0.4, 0.5) is 24.7 Å². The number of anilines is 2. The average molecular weight is 615 g/mol. The molecule has 1 aliphatic heterocycles. The summed E-state index contributed by atoms with van der Waals surface area (Å²) < 4.78 is 47.9. The molecular weight excluding hydrogens is 575 g/mol. The molecule has 1 saturated heterocycles. The molecule has 0 radical (unpaired) electrons. The molecule has 38 heavy (non-hydrogen) atoms. The number of carbonyl (C=O) groups is 1. The molecule has 0 aliphatic carbocycles. The van der Waals surface area contributed by atoms with Gasteiger partial charge in [-0.3, -0.25) is 4.79 Å². The van der Waals surface area contributed by atoms with Crippen LogP contribution in [-0.2, 0) is 15.4 Å². The number of hydrogen-bond acceptors (Lipinski definition) is 4. The molecule has 0 saturated carbocycles. The van der Waals surface area contributed by atoms with Crippen molar-refractivity contribution in [2.45, 2.75) is 83.9 Å². The van der Waals surface area contributed by atoms with E-state index in [1.54, 1.807) is 16.7 Å². The first-order valence-electron chi connectivity index (χ1n) is 13.0. The maximum Gasteiger partial charge on any atom is 0.416 e. The van der Waals surface area contributed by atoms with Crippen molar-refractivity contribution in [1.82, 2.24) is 4.98 Å². The lowest BCUT2D eigenvalue weighted by Gasteiger charge is -2.41. The van der Waals surface area contributed by atoms with Gasteiger partial charge in [0.1, 0.15) is 11.9 Å². The van der Waals surface area contributed by atoms with Crippen LogP contribution in [0.3, 0.4) is 0 Å². The highest BCUT2D eigenvalue weighted by molar-refractivity contribution is 9.09. The van der Waals surface area contributed by atoms with E-state index in [4.69, 9.17) is 4.43 Å². The molecule has 3 rings (SSSR count). The van der Waals surface area contributed by atoms with Crippen LogP contribution >= 0.6 is 15.9 Å². The van der Waals surface area contributed by atoms with Gasteiger partial charge in [-0.05, 0) is 74.7 Å². The number of aromatic nitrogens is 1. The van der Waals surface area contributed by atoms with Crippen LogP contribution in [0.1, 0.15) is 50.4 Å². The highest BCUT2D eigenvalue weighted by Crippen LogP contribution is 2.41. The van der Waals surface area contributed by atoms with Crippen molar-refractivity contribution in [2.24, 2.45) is 0 Å². The third-order valence-electron chi connectivity index (χ3n) is 7.50. The molecule has 2 aromatic rings. The molecule has 1 aromatic heterocycles. The summed E-state index contributed by atoms with van der Waals surface area (Å²) in [5, 5.41) is 0.625. The number of alkyl halides is 4. The van der Waals surface area contributed by atoms with Crippen molar-refractivity contribution >= 4 is 41.7 Å². The summed E-state index contributed by atoms with van der Waals surface area (Å²) in [5.41, 5.74) is 1.27. The fraction of sp³-hybridized carbons (Fsp3) is 0.571. The Bertz CT molecular complexity index is 1140. The van der Waals surface area contributed by atoms with Crippen molar-refractivity contribution in [3.05, 3.63) is 53.2 Å². The molecule has 1 aliphatic rings. The van der Waals surface area contributed by atoms with Gasteiger partial charge in [0.05, 0.1) is 11.7 Å². The molecule has 0 bridgehead atoms. The minimum absolute atomic E-state index is 0.0920. The molecule has 2 heterocycles. The van der Waals surface area contributed by atoms with Gasteiger partial charge >= 0.3 is 6.18 Å². The van der Waals surface area contributed by atoms with Gasteiger partial charge in [0.2, 0.25) is 0 Å².